The zero-order valence-electron chi connectivity index (χ0n) is 20.1. The third kappa shape index (κ3) is 7.04. The normalized spacial score (nSPS) is 24.3. The summed E-state index contributed by atoms with van der Waals surface area (Å²) in [5.74, 6) is -0.431. The SMILES string of the molecule is Cc1cn([C@H]2O[C@@H](CO[P@](=O)(N[C@@H](C)C(=O)OC(C)C)Oc3ccccc3)C(O)[C@H]2Cl)c(=O)[nH]c1=S. The predicted octanol–water partition coefficient (Wildman–Crippen LogP) is 3.21. The van der Waals surface area contributed by atoms with Gasteiger partial charge in [0.05, 0.1) is 12.7 Å². The molecule has 198 valence electrons. The van der Waals surface area contributed by atoms with Gasteiger partial charge in [-0.3, -0.25) is 18.9 Å². The number of aliphatic hydroxyl groups is 1. The highest BCUT2D eigenvalue weighted by molar-refractivity contribution is 7.71. The molecule has 0 saturated carbocycles. The number of hydrogen-bond acceptors (Lipinski definition) is 9. The van der Waals surface area contributed by atoms with Crippen molar-refractivity contribution in [3.8, 4) is 5.75 Å². The quantitative estimate of drug-likeness (QED) is 0.171. The number of carbonyl (C=O) groups is 1. The molecule has 0 spiro atoms. The standard InChI is InChI=1S/C22H29ClN3O8PS/c1-12(2)32-21(28)14(4)25-35(30,34-15-8-6-5-7-9-15)31-11-16-18(27)17(23)20(33-16)26-10-13(3)19(36)24-22(26)29/h5-10,12,14,16-18,20,27H,11H2,1-4H3,(H,25,30)(H,24,29,36)/t14-,16-,17+,18?,20-,35+/m0/s1. The molecule has 1 fully saturated rings. The second kappa shape index (κ2) is 12.0. The first-order chi connectivity index (χ1) is 16.9. The molecule has 0 bridgehead atoms. The van der Waals surface area contributed by atoms with E-state index in [0.717, 1.165) is 0 Å². The van der Waals surface area contributed by atoms with Crippen molar-refractivity contribution in [1.29, 1.82) is 0 Å². The van der Waals surface area contributed by atoms with E-state index < -0.39 is 55.9 Å². The van der Waals surface area contributed by atoms with Crippen LogP contribution >= 0.6 is 31.6 Å². The number of ether oxygens (including phenoxy) is 2. The van der Waals surface area contributed by atoms with Gasteiger partial charge in [-0.25, -0.2) is 9.36 Å². The van der Waals surface area contributed by atoms with Crippen molar-refractivity contribution in [2.45, 2.75) is 63.7 Å². The number of aliphatic hydroxyl groups excluding tert-OH is 1. The van der Waals surface area contributed by atoms with Crippen LogP contribution in [0.15, 0.2) is 41.3 Å². The number of hydrogen-bond donors (Lipinski definition) is 3. The molecular formula is C22H29ClN3O8PS. The van der Waals surface area contributed by atoms with Gasteiger partial charge in [0.1, 0.15) is 34.0 Å². The Balaban J connectivity index is 1.77. The summed E-state index contributed by atoms with van der Waals surface area (Å²) in [4.78, 5) is 27.2. The van der Waals surface area contributed by atoms with Crippen molar-refractivity contribution < 1.29 is 33.0 Å². The van der Waals surface area contributed by atoms with E-state index in [9.17, 15) is 19.3 Å². The van der Waals surface area contributed by atoms with E-state index in [-0.39, 0.29) is 16.5 Å². The fraction of sp³-hybridized carbons (Fsp3) is 0.500. The van der Waals surface area contributed by atoms with Gasteiger partial charge in [-0.05, 0) is 39.8 Å². The molecule has 0 amide bonds. The lowest BCUT2D eigenvalue weighted by Crippen LogP contribution is -2.37. The Kier molecular flexibility index (Phi) is 9.50. The zero-order valence-corrected chi connectivity index (χ0v) is 22.6. The van der Waals surface area contributed by atoms with Crippen LogP contribution in [-0.2, 0) is 23.4 Å². The van der Waals surface area contributed by atoms with Crippen LogP contribution in [0.2, 0.25) is 0 Å². The van der Waals surface area contributed by atoms with Crippen LogP contribution < -0.4 is 15.3 Å². The van der Waals surface area contributed by atoms with E-state index in [2.05, 4.69) is 10.1 Å². The summed E-state index contributed by atoms with van der Waals surface area (Å²) < 4.78 is 37.2. The van der Waals surface area contributed by atoms with Crippen molar-refractivity contribution in [3.05, 3.63) is 57.2 Å². The monoisotopic (exact) mass is 561 g/mol. The minimum absolute atomic E-state index is 0.223. The molecule has 3 N–H and O–H groups in total. The topological polar surface area (TPSA) is 141 Å². The van der Waals surface area contributed by atoms with Gasteiger partial charge in [-0.2, -0.15) is 5.09 Å². The van der Waals surface area contributed by atoms with Crippen molar-refractivity contribution in [1.82, 2.24) is 14.6 Å². The molecule has 1 saturated heterocycles. The summed E-state index contributed by atoms with van der Waals surface area (Å²) >= 11 is 11.4. The van der Waals surface area contributed by atoms with Crippen LogP contribution in [0.1, 0.15) is 32.6 Å². The fourth-order valence-corrected chi connectivity index (χ4v) is 5.33. The lowest BCUT2D eigenvalue weighted by Gasteiger charge is -2.25. The molecule has 1 aliphatic rings. The first-order valence-electron chi connectivity index (χ1n) is 11.2. The van der Waals surface area contributed by atoms with E-state index in [4.69, 9.17) is 42.3 Å². The highest BCUT2D eigenvalue weighted by Crippen LogP contribution is 2.46. The molecule has 1 aromatic carbocycles. The Bertz CT molecular complexity index is 1220. The number of aromatic nitrogens is 2. The van der Waals surface area contributed by atoms with Crippen molar-refractivity contribution in [2.75, 3.05) is 6.61 Å². The van der Waals surface area contributed by atoms with Crippen LogP contribution in [-0.4, -0.2) is 57.0 Å². The Labute approximate surface area is 218 Å². The molecule has 0 radical (unpaired) electrons. The van der Waals surface area contributed by atoms with Crippen molar-refractivity contribution >= 4 is 37.5 Å². The third-order valence-corrected chi connectivity index (χ3v) is 7.69. The number of alkyl halides is 1. The second-order valence-electron chi connectivity index (χ2n) is 8.51. The van der Waals surface area contributed by atoms with Crippen molar-refractivity contribution in [2.24, 2.45) is 0 Å². The largest absolute Gasteiger partial charge is 0.462 e. The van der Waals surface area contributed by atoms with E-state index in [1.54, 1.807) is 51.1 Å². The maximum atomic E-state index is 13.6. The molecule has 3 rings (SSSR count). The van der Waals surface area contributed by atoms with Gasteiger partial charge >= 0.3 is 19.4 Å². The number of aryl methyl sites for hydroxylation is 1. The number of H-pyrrole nitrogens is 1. The minimum Gasteiger partial charge on any atom is -0.462 e. The maximum absolute atomic E-state index is 13.6. The average Bonchev–Trinajstić information content (AvgIpc) is 3.08. The van der Waals surface area contributed by atoms with E-state index in [1.807, 2.05) is 0 Å². The minimum atomic E-state index is -4.18. The molecule has 14 heteroatoms. The van der Waals surface area contributed by atoms with Crippen LogP contribution in [0, 0.1) is 11.6 Å². The summed E-state index contributed by atoms with van der Waals surface area (Å²) in [6.07, 6.45) is -2.29. The number of aromatic amines is 1. The summed E-state index contributed by atoms with van der Waals surface area (Å²) in [6, 6.07) is 7.18. The van der Waals surface area contributed by atoms with Gasteiger partial charge in [0.15, 0.2) is 6.23 Å². The van der Waals surface area contributed by atoms with Crippen LogP contribution in [0.4, 0.5) is 0 Å². The zero-order chi connectivity index (χ0) is 26.6. The molecule has 0 aliphatic carbocycles. The molecule has 1 aliphatic heterocycles. The summed E-state index contributed by atoms with van der Waals surface area (Å²) in [5.41, 5.74) is 0.0470. The summed E-state index contributed by atoms with van der Waals surface area (Å²) in [5, 5.41) is 12.2. The van der Waals surface area contributed by atoms with Crippen LogP contribution in [0.3, 0.4) is 0 Å². The number of nitrogens with one attached hydrogen (secondary N) is 2. The maximum Gasteiger partial charge on any atom is 0.459 e. The highest BCUT2D eigenvalue weighted by atomic mass is 35.5. The van der Waals surface area contributed by atoms with E-state index in [1.165, 1.54) is 17.7 Å². The first-order valence-corrected chi connectivity index (χ1v) is 13.6. The predicted molar refractivity (Wildman–Crippen MR) is 135 cm³/mol. The number of rotatable bonds is 10. The fourth-order valence-electron chi connectivity index (χ4n) is 3.35. The third-order valence-electron chi connectivity index (χ3n) is 5.15. The van der Waals surface area contributed by atoms with Crippen molar-refractivity contribution in [3.63, 3.8) is 0 Å². The summed E-state index contributed by atoms with van der Waals surface area (Å²) in [6.45, 7) is 6.10. The number of halogens is 1. The Hall–Kier alpha value is -2.05. The van der Waals surface area contributed by atoms with Crippen LogP contribution in [0.5, 0.6) is 5.75 Å². The lowest BCUT2D eigenvalue weighted by molar-refractivity contribution is -0.149. The number of nitrogens with zero attached hydrogens (tertiary/aromatic N) is 1. The smallest absolute Gasteiger partial charge is 0.459 e. The Morgan fingerprint density at radius 3 is 2.64 bits per heavy atom. The van der Waals surface area contributed by atoms with Gasteiger partial charge in [0.25, 0.3) is 0 Å². The Morgan fingerprint density at radius 2 is 2.00 bits per heavy atom. The molecule has 11 nitrogen and oxygen atoms in total. The van der Waals surface area contributed by atoms with Gasteiger partial charge in [0, 0.05) is 11.8 Å². The van der Waals surface area contributed by atoms with Gasteiger partial charge in [-0.15, -0.1) is 11.6 Å². The molecule has 6 atom stereocenters. The molecule has 2 aromatic rings. The average molecular weight is 562 g/mol. The first kappa shape index (κ1) is 28.5. The molecule has 36 heavy (non-hydrogen) atoms. The molecule has 1 unspecified atom stereocenters. The number of carbonyl (C=O) groups excluding carboxylic acids is 1. The summed E-state index contributed by atoms with van der Waals surface area (Å²) in [7, 11) is -4.18. The van der Waals surface area contributed by atoms with Gasteiger partial charge < -0.3 is 19.1 Å². The number of esters is 1. The van der Waals surface area contributed by atoms with Gasteiger partial charge in [0.2, 0.25) is 0 Å². The molecule has 2 heterocycles. The number of benzene rings is 1. The van der Waals surface area contributed by atoms with Gasteiger partial charge in [-0.1, -0.05) is 30.4 Å². The van der Waals surface area contributed by atoms with E-state index in [0.29, 0.717) is 5.56 Å². The Morgan fingerprint density at radius 1 is 1.33 bits per heavy atom. The van der Waals surface area contributed by atoms with E-state index >= 15 is 0 Å². The van der Waals surface area contributed by atoms with Crippen LogP contribution in [0.25, 0.3) is 0 Å². The lowest BCUT2D eigenvalue weighted by atomic mass is 10.2. The second-order valence-corrected chi connectivity index (χ2v) is 11.1. The molecule has 1 aromatic heterocycles. The highest BCUT2D eigenvalue weighted by Gasteiger charge is 2.45. The molecular weight excluding hydrogens is 533 g/mol. The number of para-hydroxylation sites is 1.